The number of dihydropyridines is 1. The van der Waals surface area contributed by atoms with Gasteiger partial charge in [0, 0.05) is 5.56 Å². The molecular weight excluding hydrogens is 296 g/mol. The number of fused-ring (bicyclic) bond motifs is 1. The van der Waals surface area contributed by atoms with E-state index in [1.165, 1.54) is 11.1 Å². The number of hydrogen-bond donors (Lipinski definition) is 2. The van der Waals surface area contributed by atoms with Crippen LogP contribution in [0, 0.1) is 0 Å². The molecule has 1 aliphatic carbocycles. The summed E-state index contributed by atoms with van der Waals surface area (Å²) in [6.45, 7) is 6.71. The quantitative estimate of drug-likeness (QED) is 0.649. The first-order chi connectivity index (χ1) is 10.3. The number of nitrogens with one attached hydrogen (secondary N) is 1. The van der Waals surface area contributed by atoms with Crippen molar-refractivity contribution in [3.05, 3.63) is 58.8 Å². The van der Waals surface area contributed by atoms with Crippen molar-refractivity contribution in [1.82, 2.24) is 5.32 Å². The van der Waals surface area contributed by atoms with Crippen LogP contribution in [0.1, 0.15) is 49.8 Å². The van der Waals surface area contributed by atoms with Crippen molar-refractivity contribution >= 4 is 17.5 Å². The van der Waals surface area contributed by atoms with Crippen molar-refractivity contribution in [3.8, 4) is 0 Å². The van der Waals surface area contributed by atoms with Crippen LogP contribution in [0.15, 0.2) is 42.1 Å². The molecule has 0 fully saturated rings. The van der Waals surface area contributed by atoms with Crippen molar-refractivity contribution in [3.63, 3.8) is 0 Å². The number of primary amides is 1. The second kappa shape index (κ2) is 4.88. The average molecular weight is 317 g/mol. The molecule has 4 heteroatoms. The number of hydrogen-bond acceptors (Lipinski definition) is 2. The van der Waals surface area contributed by atoms with E-state index >= 15 is 0 Å². The topological polar surface area (TPSA) is 55.1 Å². The number of carbonyl (C=O) groups excluding carboxylic acids is 1. The van der Waals surface area contributed by atoms with E-state index in [0.29, 0.717) is 11.5 Å². The normalized spacial score (nSPS) is 28.7. The third kappa shape index (κ3) is 2.07. The molecule has 2 atom stereocenters. The summed E-state index contributed by atoms with van der Waals surface area (Å²) >= 11 is 6.87. The maximum Gasteiger partial charge on any atom is 0.248 e. The molecule has 1 heterocycles. The van der Waals surface area contributed by atoms with E-state index in [9.17, 15) is 4.79 Å². The lowest BCUT2D eigenvalue weighted by atomic mass is 9.84. The van der Waals surface area contributed by atoms with Gasteiger partial charge in [-0.1, -0.05) is 50.6 Å². The minimum absolute atomic E-state index is 0.110. The Bertz CT molecular complexity index is 705. The molecule has 2 aliphatic rings. The van der Waals surface area contributed by atoms with Crippen LogP contribution in [0.4, 0.5) is 0 Å². The predicted molar refractivity (Wildman–Crippen MR) is 89.6 cm³/mol. The molecular formula is C18H21ClN2O. The van der Waals surface area contributed by atoms with Crippen LogP contribution in [0.25, 0.3) is 0 Å². The number of allylic oxidation sites excluding steroid dienone is 2. The Morgan fingerprint density at radius 1 is 1.36 bits per heavy atom. The van der Waals surface area contributed by atoms with Gasteiger partial charge in [-0.3, -0.25) is 4.79 Å². The van der Waals surface area contributed by atoms with Crippen molar-refractivity contribution in [2.45, 2.75) is 43.5 Å². The van der Waals surface area contributed by atoms with Crippen LogP contribution in [0.3, 0.4) is 0 Å². The summed E-state index contributed by atoms with van der Waals surface area (Å²) in [5.74, 6) is -0.118. The smallest absolute Gasteiger partial charge is 0.248 e. The Balaban J connectivity index is 2.23. The van der Waals surface area contributed by atoms with Crippen molar-refractivity contribution in [2.75, 3.05) is 0 Å². The van der Waals surface area contributed by atoms with Crippen LogP contribution in [0.5, 0.6) is 0 Å². The van der Waals surface area contributed by atoms with Crippen LogP contribution < -0.4 is 11.1 Å². The zero-order valence-electron chi connectivity index (χ0n) is 13.1. The molecule has 0 spiro atoms. The molecule has 1 aliphatic heterocycles. The minimum Gasteiger partial charge on any atom is -0.366 e. The molecule has 0 saturated heterocycles. The van der Waals surface area contributed by atoms with Gasteiger partial charge in [0.15, 0.2) is 5.00 Å². The highest BCUT2D eigenvalue weighted by molar-refractivity contribution is 6.29. The van der Waals surface area contributed by atoms with Gasteiger partial charge in [-0.2, -0.15) is 0 Å². The summed E-state index contributed by atoms with van der Waals surface area (Å²) in [5.41, 5.74) is 9.50. The first-order valence-corrected chi connectivity index (χ1v) is 7.93. The second-order valence-corrected chi connectivity index (χ2v) is 7.43. The van der Waals surface area contributed by atoms with E-state index in [2.05, 4.69) is 32.2 Å². The lowest BCUT2D eigenvalue weighted by Gasteiger charge is -2.34. The Labute approximate surface area is 136 Å². The summed E-state index contributed by atoms with van der Waals surface area (Å²) in [6, 6.07) is 6.16. The summed E-state index contributed by atoms with van der Waals surface area (Å²) < 4.78 is 0. The molecule has 2 unspecified atom stereocenters. The van der Waals surface area contributed by atoms with Gasteiger partial charge in [-0.05, 0) is 47.2 Å². The van der Waals surface area contributed by atoms with Crippen LogP contribution in [-0.4, -0.2) is 5.91 Å². The van der Waals surface area contributed by atoms with Gasteiger partial charge in [0.2, 0.25) is 5.91 Å². The van der Waals surface area contributed by atoms with E-state index in [1.807, 2.05) is 12.1 Å². The number of rotatable bonds is 2. The third-order valence-electron chi connectivity index (χ3n) is 4.79. The Morgan fingerprint density at radius 2 is 2.05 bits per heavy atom. The Morgan fingerprint density at radius 3 is 2.73 bits per heavy atom. The minimum atomic E-state index is -1.10. The van der Waals surface area contributed by atoms with Gasteiger partial charge in [-0.15, -0.1) is 0 Å². The number of halogens is 1. The molecule has 0 bridgehead atoms. The largest absolute Gasteiger partial charge is 0.366 e. The highest BCUT2D eigenvalue weighted by Crippen LogP contribution is 2.50. The fourth-order valence-corrected chi connectivity index (χ4v) is 4.32. The average Bonchev–Trinajstić information content (AvgIpc) is 2.69. The molecule has 1 amide bonds. The molecule has 1 aromatic rings. The lowest BCUT2D eigenvalue weighted by molar-refractivity contribution is -0.115. The predicted octanol–water partition coefficient (Wildman–Crippen LogP) is 3.39. The fourth-order valence-electron chi connectivity index (χ4n) is 3.94. The molecule has 1 aromatic carbocycles. The number of alkyl halides is 1. The monoisotopic (exact) mass is 316 g/mol. The maximum absolute atomic E-state index is 11.8. The van der Waals surface area contributed by atoms with Gasteiger partial charge in [0.25, 0.3) is 0 Å². The summed E-state index contributed by atoms with van der Waals surface area (Å²) in [4.78, 5) is 10.8. The van der Waals surface area contributed by atoms with Gasteiger partial charge in [0.1, 0.15) is 0 Å². The number of amides is 1. The van der Waals surface area contributed by atoms with Gasteiger partial charge in [-0.25, -0.2) is 0 Å². The molecule has 0 aromatic heterocycles. The van der Waals surface area contributed by atoms with E-state index < -0.39 is 10.9 Å². The summed E-state index contributed by atoms with van der Waals surface area (Å²) in [6.07, 6.45) is 6.26. The summed E-state index contributed by atoms with van der Waals surface area (Å²) in [7, 11) is 0. The van der Waals surface area contributed by atoms with Crippen molar-refractivity contribution < 1.29 is 4.79 Å². The van der Waals surface area contributed by atoms with Crippen LogP contribution in [0.2, 0.25) is 0 Å². The Kier molecular flexibility index (Phi) is 3.37. The van der Waals surface area contributed by atoms with Gasteiger partial charge < -0.3 is 11.1 Å². The highest BCUT2D eigenvalue weighted by atomic mass is 35.5. The molecule has 3 rings (SSSR count). The lowest BCUT2D eigenvalue weighted by Crippen LogP contribution is -2.42. The number of nitrogens with two attached hydrogens (primary N) is 1. The van der Waals surface area contributed by atoms with Gasteiger partial charge >= 0.3 is 0 Å². The van der Waals surface area contributed by atoms with E-state index in [1.54, 1.807) is 18.4 Å². The second-order valence-electron chi connectivity index (χ2n) is 6.86. The van der Waals surface area contributed by atoms with Crippen LogP contribution in [-0.2, 0) is 15.2 Å². The standard InChI is InChI=1S/C18H21ClN2O/c1-11-10-17(2,3)12-6-4-7-13(15(11)12)18(19)14(16(20)22)8-5-9-21-18/h4-9,11,21H,10H2,1-3H3,(H2,20,22). The fraction of sp³-hybridized carbons (Fsp3) is 0.389. The zero-order chi connectivity index (χ0) is 16.1. The highest BCUT2D eigenvalue weighted by Gasteiger charge is 2.44. The van der Waals surface area contributed by atoms with E-state index in [-0.39, 0.29) is 5.41 Å². The number of carbonyl (C=O) groups is 1. The summed E-state index contributed by atoms with van der Waals surface area (Å²) in [5, 5.41) is 3.14. The molecule has 22 heavy (non-hydrogen) atoms. The first-order valence-electron chi connectivity index (χ1n) is 7.55. The molecule has 0 saturated carbocycles. The van der Waals surface area contributed by atoms with Gasteiger partial charge in [0.05, 0.1) is 5.57 Å². The number of benzene rings is 1. The Hall–Kier alpha value is -1.74. The molecule has 3 N–H and O–H groups in total. The SMILES string of the molecule is CC1CC(C)(C)c2cccc(C3(Cl)NC=CC=C3C(N)=O)c21. The molecule has 116 valence electrons. The first kappa shape index (κ1) is 15.2. The maximum atomic E-state index is 11.8. The van der Waals surface area contributed by atoms with Crippen molar-refractivity contribution in [1.29, 1.82) is 0 Å². The van der Waals surface area contributed by atoms with Crippen molar-refractivity contribution in [2.24, 2.45) is 5.73 Å². The van der Waals surface area contributed by atoms with Crippen LogP contribution >= 0.6 is 11.6 Å². The third-order valence-corrected chi connectivity index (χ3v) is 5.31. The molecule has 0 radical (unpaired) electrons. The molecule has 3 nitrogen and oxygen atoms in total. The van der Waals surface area contributed by atoms with E-state index in [4.69, 9.17) is 17.3 Å². The van der Waals surface area contributed by atoms with E-state index in [0.717, 1.165) is 12.0 Å². The zero-order valence-corrected chi connectivity index (χ0v) is 13.9.